The highest BCUT2D eigenvalue weighted by molar-refractivity contribution is 5.42. The molecule has 0 aliphatic rings. The fourth-order valence-electron chi connectivity index (χ4n) is 2.34. The van der Waals surface area contributed by atoms with E-state index in [1.807, 2.05) is 55.5 Å². The Morgan fingerprint density at radius 2 is 1.76 bits per heavy atom. The highest BCUT2D eigenvalue weighted by atomic mass is 16.5. The van der Waals surface area contributed by atoms with Crippen LogP contribution in [0.25, 0.3) is 0 Å². The third-order valence-electron chi connectivity index (χ3n) is 3.58. The van der Waals surface area contributed by atoms with Crippen molar-refractivity contribution in [2.45, 2.75) is 32.4 Å². The van der Waals surface area contributed by atoms with Gasteiger partial charge in [-0.3, -0.25) is 0 Å². The summed E-state index contributed by atoms with van der Waals surface area (Å²) in [4.78, 5) is 0. The van der Waals surface area contributed by atoms with Crippen LogP contribution in [-0.4, -0.2) is 13.2 Å². The minimum atomic E-state index is -0.165. The van der Waals surface area contributed by atoms with Crippen LogP contribution < -0.4 is 15.2 Å². The molecule has 0 saturated carbocycles. The molecular formula is C18H23NO2. The summed E-state index contributed by atoms with van der Waals surface area (Å²) in [5.41, 5.74) is 8.57. The van der Waals surface area contributed by atoms with Crippen molar-refractivity contribution in [3.8, 4) is 11.5 Å². The van der Waals surface area contributed by atoms with Crippen LogP contribution in [0.1, 0.15) is 30.5 Å². The SMILES string of the molecule is CCC(Oc1ccc(C)cc1OC)C(N)c1ccccc1. The van der Waals surface area contributed by atoms with Crippen LogP contribution in [0.2, 0.25) is 0 Å². The molecule has 3 nitrogen and oxygen atoms in total. The highest BCUT2D eigenvalue weighted by Gasteiger charge is 2.21. The van der Waals surface area contributed by atoms with Gasteiger partial charge >= 0.3 is 0 Å². The summed E-state index contributed by atoms with van der Waals surface area (Å²) in [7, 11) is 1.65. The molecule has 3 heteroatoms. The Kier molecular flexibility index (Phi) is 5.23. The van der Waals surface area contributed by atoms with Gasteiger partial charge in [0.2, 0.25) is 0 Å². The molecule has 21 heavy (non-hydrogen) atoms. The summed E-state index contributed by atoms with van der Waals surface area (Å²) in [6.07, 6.45) is 0.733. The number of methoxy groups -OCH3 is 1. The number of aryl methyl sites for hydroxylation is 1. The van der Waals surface area contributed by atoms with Crippen LogP contribution in [0, 0.1) is 6.92 Å². The number of rotatable bonds is 6. The van der Waals surface area contributed by atoms with Crippen LogP contribution in [0.15, 0.2) is 48.5 Å². The summed E-state index contributed by atoms with van der Waals surface area (Å²) in [5.74, 6) is 1.48. The lowest BCUT2D eigenvalue weighted by Crippen LogP contribution is -2.31. The maximum atomic E-state index is 6.35. The lowest BCUT2D eigenvalue weighted by molar-refractivity contribution is 0.160. The fraction of sp³-hybridized carbons (Fsp3) is 0.333. The molecule has 2 aromatic carbocycles. The Balaban J connectivity index is 2.19. The summed E-state index contributed by atoms with van der Waals surface area (Å²) < 4.78 is 11.5. The number of hydrogen-bond acceptors (Lipinski definition) is 3. The van der Waals surface area contributed by atoms with Gasteiger partial charge in [0.1, 0.15) is 6.10 Å². The first-order chi connectivity index (χ1) is 10.2. The molecule has 2 rings (SSSR count). The summed E-state index contributed by atoms with van der Waals surface area (Å²) >= 11 is 0. The largest absolute Gasteiger partial charge is 0.493 e. The van der Waals surface area contributed by atoms with E-state index in [0.29, 0.717) is 0 Å². The first kappa shape index (κ1) is 15.4. The monoisotopic (exact) mass is 285 g/mol. The Hall–Kier alpha value is -2.00. The standard InChI is InChI=1S/C18H23NO2/c1-4-15(18(19)14-8-6-5-7-9-14)21-16-11-10-13(2)12-17(16)20-3/h5-12,15,18H,4,19H2,1-3H3. The molecule has 0 aliphatic heterocycles. The summed E-state index contributed by atoms with van der Waals surface area (Å²) in [5, 5.41) is 0. The molecule has 0 aliphatic carbocycles. The predicted molar refractivity (Wildman–Crippen MR) is 85.8 cm³/mol. The third-order valence-corrected chi connectivity index (χ3v) is 3.58. The van der Waals surface area contributed by atoms with Crippen LogP contribution >= 0.6 is 0 Å². The highest BCUT2D eigenvalue weighted by Crippen LogP contribution is 2.31. The molecule has 0 heterocycles. The van der Waals surface area contributed by atoms with Crippen molar-refractivity contribution in [3.63, 3.8) is 0 Å². The van der Waals surface area contributed by atoms with Crippen LogP contribution in [-0.2, 0) is 0 Å². The van der Waals surface area contributed by atoms with Crippen molar-refractivity contribution in [1.29, 1.82) is 0 Å². The smallest absolute Gasteiger partial charge is 0.161 e. The topological polar surface area (TPSA) is 44.5 Å². The van der Waals surface area contributed by atoms with Gasteiger partial charge in [0.25, 0.3) is 0 Å². The molecule has 2 unspecified atom stereocenters. The van der Waals surface area contributed by atoms with Crippen LogP contribution in [0.4, 0.5) is 0 Å². The Morgan fingerprint density at radius 3 is 2.38 bits per heavy atom. The lowest BCUT2D eigenvalue weighted by Gasteiger charge is -2.25. The lowest BCUT2D eigenvalue weighted by atomic mass is 10.0. The maximum absolute atomic E-state index is 6.35. The van der Waals surface area contributed by atoms with Crippen molar-refractivity contribution in [2.24, 2.45) is 5.73 Å². The summed E-state index contributed by atoms with van der Waals surface area (Å²) in [6.45, 7) is 4.10. The van der Waals surface area contributed by atoms with Crippen molar-refractivity contribution < 1.29 is 9.47 Å². The average molecular weight is 285 g/mol. The second-order valence-electron chi connectivity index (χ2n) is 5.16. The zero-order valence-corrected chi connectivity index (χ0v) is 12.9. The molecule has 112 valence electrons. The van der Waals surface area contributed by atoms with E-state index in [0.717, 1.165) is 29.0 Å². The van der Waals surface area contributed by atoms with Crippen LogP contribution in [0.3, 0.4) is 0 Å². The van der Waals surface area contributed by atoms with Crippen molar-refractivity contribution >= 4 is 0 Å². The van der Waals surface area contributed by atoms with Gasteiger partial charge in [-0.25, -0.2) is 0 Å². The molecule has 0 radical (unpaired) electrons. The molecule has 2 N–H and O–H groups in total. The van der Waals surface area contributed by atoms with E-state index in [9.17, 15) is 0 Å². The second kappa shape index (κ2) is 7.14. The molecule has 0 amide bonds. The molecule has 0 saturated heterocycles. The Morgan fingerprint density at radius 1 is 1.05 bits per heavy atom. The number of benzene rings is 2. The van der Waals surface area contributed by atoms with E-state index >= 15 is 0 Å². The van der Waals surface area contributed by atoms with E-state index in [-0.39, 0.29) is 12.1 Å². The van der Waals surface area contributed by atoms with Gasteiger partial charge in [-0.1, -0.05) is 43.3 Å². The molecule has 0 aromatic heterocycles. The molecule has 2 atom stereocenters. The van der Waals surface area contributed by atoms with Crippen molar-refractivity contribution in [2.75, 3.05) is 7.11 Å². The van der Waals surface area contributed by atoms with E-state index in [1.54, 1.807) is 7.11 Å². The fourth-order valence-corrected chi connectivity index (χ4v) is 2.34. The minimum absolute atomic E-state index is 0.0935. The normalized spacial score (nSPS) is 13.5. The molecule has 0 fully saturated rings. The molecule has 0 bridgehead atoms. The number of nitrogens with two attached hydrogens (primary N) is 1. The van der Waals surface area contributed by atoms with Gasteiger partial charge in [-0.05, 0) is 36.6 Å². The van der Waals surface area contributed by atoms with Crippen molar-refractivity contribution in [1.82, 2.24) is 0 Å². The number of ether oxygens (including phenoxy) is 2. The molecule has 2 aromatic rings. The van der Waals surface area contributed by atoms with E-state index < -0.39 is 0 Å². The van der Waals surface area contributed by atoms with E-state index in [1.165, 1.54) is 0 Å². The molecular weight excluding hydrogens is 262 g/mol. The second-order valence-corrected chi connectivity index (χ2v) is 5.16. The van der Waals surface area contributed by atoms with E-state index in [4.69, 9.17) is 15.2 Å². The minimum Gasteiger partial charge on any atom is -0.493 e. The molecule has 0 spiro atoms. The first-order valence-electron chi connectivity index (χ1n) is 7.27. The zero-order chi connectivity index (χ0) is 15.2. The predicted octanol–water partition coefficient (Wildman–Crippen LogP) is 3.86. The maximum Gasteiger partial charge on any atom is 0.161 e. The first-order valence-corrected chi connectivity index (χ1v) is 7.27. The summed E-state index contributed by atoms with van der Waals surface area (Å²) in [6, 6.07) is 15.8. The average Bonchev–Trinajstić information content (AvgIpc) is 2.53. The quantitative estimate of drug-likeness (QED) is 0.876. The van der Waals surface area contributed by atoms with Crippen LogP contribution in [0.5, 0.6) is 11.5 Å². The van der Waals surface area contributed by atoms with Gasteiger partial charge in [-0.15, -0.1) is 0 Å². The van der Waals surface area contributed by atoms with Gasteiger partial charge in [0.05, 0.1) is 13.2 Å². The van der Waals surface area contributed by atoms with E-state index in [2.05, 4.69) is 6.92 Å². The van der Waals surface area contributed by atoms with Gasteiger partial charge < -0.3 is 15.2 Å². The Labute approximate surface area is 126 Å². The van der Waals surface area contributed by atoms with Crippen molar-refractivity contribution in [3.05, 3.63) is 59.7 Å². The Bertz CT molecular complexity index is 569. The third kappa shape index (κ3) is 3.76. The van der Waals surface area contributed by atoms with Gasteiger partial charge in [0, 0.05) is 0 Å². The van der Waals surface area contributed by atoms with Gasteiger partial charge in [0.15, 0.2) is 11.5 Å². The number of hydrogen-bond donors (Lipinski definition) is 1. The van der Waals surface area contributed by atoms with Gasteiger partial charge in [-0.2, -0.15) is 0 Å². The zero-order valence-electron chi connectivity index (χ0n) is 12.9.